The zero-order valence-corrected chi connectivity index (χ0v) is 12.4. The summed E-state index contributed by atoms with van der Waals surface area (Å²) in [6.07, 6.45) is 0. The molecule has 3 heterocycles. The summed E-state index contributed by atoms with van der Waals surface area (Å²) in [4.78, 5) is 25.4. The molecule has 1 N–H and O–H groups in total. The SMILES string of the molecule is Cc1ccc(C2C(=O)C(C(=S)C(=O)O)N3CSC2C3)o1. The molecule has 3 rings (SSSR count). The van der Waals surface area contributed by atoms with Gasteiger partial charge in [-0.05, 0) is 19.1 Å². The molecule has 0 amide bonds. The summed E-state index contributed by atoms with van der Waals surface area (Å²) in [5.74, 6) is 0.233. The number of carbonyl (C=O) groups excluding carboxylic acids is 1. The predicted molar refractivity (Wildman–Crippen MR) is 78.2 cm³/mol. The van der Waals surface area contributed by atoms with Crippen LogP contribution in [0.4, 0.5) is 0 Å². The molecule has 2 saturated heterocycles. The second kappa shape index (κ2) is 4.98. The molecule has 2 aliphatic rings. The molecule has 0 saturated carbocycles. The number of rotatable bonds is 3. The number of fused-ring (bicyclic) bond motifs is 2. The highest BCUT2D eigenvalue weighted by Crippen LogP contribution is 2.42. The van der Waals surface area contributed by atoms with Gasteiger partial charge in [0.25, 0.3) is 0 Å². The summed E-state index contributed by atoms with van der Waals surface area (Å²) < 4.78 is 5.59. The molecule has 4 atom stereocenters. The van der Waals surface area contributed by atoms with Crippen LogP contribution in [0.5, 0.6) is 0 Å². The summed E-state index contributed by atoms with van der Waals surface area (Å²) in [6, 6.07) is 2.80. The maximum absolute atomic E-state index is 12.7. The van der Waals surface area contributed by atoms with Crippen LogP contribution in [0.15, 0.2) is 16.5 Å². The van der Waals surface area contributed by atoms with Gasteiger partial charge in [0.15, 0.2) is 5.78 Å². The Balaban J connectivity index is 1.97. The van der Waals surface area contributed by atoms with Crippen molar-refractivity contribution in [1.82, 2.24) is 4.90 Å². The lowest BCUT2D eigenvalue weighted by atomic mass is 9.86. The Kier molecular flexibility index (Phi) is 3.43. The Morgan fingerprint density at radius 2 is 2.30 bits per heavy atom. The topological polar surface area (TPSA) is 70.8 Å². The second-order valence-corrected chi connectivity index (χ2v) is 6.64. The van der Waals surface area contributed by atoms with E-state index in [2.05, 4.69) is 0 Å². The first-order chi connectivity index (χ1) is 9.49. The van der Waals surface area contributed by atoms with Gasteiger partial charge in [-0.2, -0.15) is 0 Å². The molecular weight excluding hydrogens is 298 g/mol. The molecule has 4 unspecified atom stereocenters. The van der Waals surface area contributed by atoms with Crippen LogP contribution in [0.1, 0.15) is 17.4 Å². The van der Waals surface area contributed by atoms with Crippen molar-refractivity contribution in [2.24, 2.45) is 0 Å². The van der Waals surface area contributed by atoms with Crippen LogP contribution in [0, 0.1) is 6.92 Å². The molecule has 0 aliphatic carbocycles. The summed E-state index contributed by atoms with van der Waals surface area (Å²) in [5, 5.41) is 9.20. The van der Waals surface area contributed by atoms with Crippen LogP contribution in [0.2, 0.25) is 0 Å². The molecule has 20 heavy (non-hydrogen) atoms. The third kappa shape index (κ3) is 2.10. The zero-order valence-electron chi connectivity index (χ0n) is 10.7. The maximum Gasteiger partial charge on any atom is 0.344 e. The van der Waals surface area contributed by atoms with Crippen molar-refractivity contribution in [3.8, 4) is 0 Å². The van der Waals surface area contributed by atoms with Gasteiger partial charge in [-0.15, -0.1) is 11.8 Å². The number of piperidine rings is 1. The Bertz CT molecular complexity index is 597. The number of aryl methyl sites for hydroxylation is 1. The van der Waals surface area contributed by atoms with E-state index < -0.39 is 17.9 Å². The Morgan fingerprint density at radius 3 is 2.90 bits per heavy atom. The van der Waals surface area contributed by atoms with Crippen LogP contribution in [-0.4, -0.2) is 50.3 Å². The predicted octanol–water partition coefficient (Wildman–Crippen LogP) is 1.45. The van der Waals surface area contributed by atoms with Crippen molar-refractivity contribution in [2.45, 2.75) is 24.1 Å². The Morgan fingerprint density at radius 1 is 1.55 bits per heavy atom. The van der Waals surface area contributed by atoms with E-state index in [-0.39, 0.29) is 15.9 Å². The second-order valence-electron chi connectivity index (χ2n) is 5.01. The van der Waals surface area contributed by atoms with Crippen molar-refractivity contribution >= 4 is 40.6 Å². The van der Waals surface area contributed by atoms with Gasteiger partial charge in [-0.3, -0.25) is 9.69 Å². The number of hydrogen-bond acceptors (Lipinski definition) is 6. The minimum atomic E-state index is -1.19. The first-order valence-electron chi connectivity index (χ1n) is 6.22. The monoisotopic (exact) mass is 311 g/mol. The van der Waals surface area contributed by atoms with E-state index in [9.17, 15) is 9.59 Å². The van der Waals surface area contributed by atoms with Crippen molar-refractivity contribution in [2.75, 3.05) is 12.4 Å². The zero-order chi connectivity index (χ0) is 14.4. The molecule has 1 aromatic rings. The highest BCUT2D eigenvalue weighted by atomic mass is 32.2. The number of ketones is 1. The fourth-order valence-electron chi connectivity index (χ4n) is 2.80. The number of aliphatic carboxylic acids is 1. The van der Waals surface area contributed by atoms with Gasteiger partial charge in [0.1, 0.15) is 22.4 Å². The fourth-order valence-corrected chi connectivity index (χ4v) is 4.46. The van der Waals surface area contributed by atoms with E-state index in [0.717, 1.165) is 5.76 Å². The van der Waals surface area contributed by atoms with E-state index >= 15 is 0 Å². The van der Waals surface area contributed by atoms with Crippen molar-refractivity contribution in [1.29, 1.82) is 0 Å². The third-order valence-corrected chi connectivity index (χ3v) is 5.44. The van der Waals surface area contributed by atoms with Crippen LogP contribution in [0.3, 0.4) is 0 Å². The summed E-state index contributed by atoms with van der Waals surface area (Å²) in [5.41, 5.74) is 0. The van der Waals surface area contributed by atoms with Gasteiger partial charge in [0, 0.05) is 17.7 Å². The molecule has 0 aromatic carbocycles. The summed E-state index contributed by atoms with van der Waals surface area (Å²) in [6.45, 7) is 2.49. The Hall–Kier alpha value is -1.18. The van der Waals surface area contributed by atoms with Crippen LogP contribution >= 0.6 is 24.0 Å². The van der Waals surface area contributed by atoms with Crippen molar-refractivity contribution < 1.29 is 19.1 Å². The number of carboxylic acids is 1. The first-order valence-corrected chi connectivity index (χ1v) is 7.67. The quantitative estimate of drug-likeness (QED) is 0.847. The van der Waals surface area contributed by atoms with Crippen LogP contribution in [-0.2, 0) is 9.59 Å². The number of carboxylic acid groups (broad SMARTS) is 1. The number of nitrogens with zero attached hydrogens (tertiary/aromatic N) is 1. The van der Waals surface area contributed by atoms with E-state index in [1.807, 2.05) is 17.9 Å². The molecule has 7 heteroatoms. The molecule has 2 bridgehead atoms. The average Bonchev–Trinajstić information content (AvgIpc) is 2.98. The molecule has 5 nitrogen and oxygen atoms in total. The standard InChI is InChI=1S/C13H13NO4S2/c1-6-2-3-7(18-6)9-8-4-14(5-20-8)10(11(9)15)12(19)13(16)17/h2-3,8-10H,4-5H2,1H3,(H,16,17). The fraction of sp³-hybridized carbons (Fsp3) is 0.462. The van der Waals surface area contributed by atoms with Crippen molar-refractivity contribution in [3.63, 3.8) is 0 Å². The van der Waals surface area contributed by atoms with Gasteiger partial charge in [0.05, 0.1) is 5.92 Å². The van der Waals surface area contributed by atoms with Crippen LogP contribution < -0.4 is 0 Å². The van der Waals surface area contributed by atoms with Gasteiger partial charge in [-0.25, -0.2) is 4.79 Å². The summed E-state index contributed by atoms with van der Waals surface area (Å²) in [7, 11) is 0. The lowest BCUT2D eigenvalue weighted by molar-refractivity contribution is -0.132. The molecule has 2 aliphatic heterocycles. The molecule has 1 aromatic heterocycles. The van der Waals surface area contributed by atoms with Gasteiger partial charge < -0.3 is 9.52 Å². The normalized spacial score (nSPS) is 32.4. The van der Waals surface area contributed by atoms with E-state index in [4.69, 9.17) is 21.7 Å². The van der Waals surface area contributed by atoms with Gasteiger partial charge >= 0.3 is 5.97 Å². The lowest BCUT2D eigenvalue weighted by Gasteiger charge is -2.33. The van der Waals surface area contributed by atoms with Crippen LogP contribution in [0.25, 0.3) is 0 Å². The molecular formula is C13H13NO4S2. The van der Waals surface area contributed by atoms with Gasteiger partial charge in [-0.1, -0.05) is 12.2 Å². The van der Waals surface area contributed by atoms with E-state index in [1.165, 1.54) is 0 Å². The summed E-state index contributed by atoms with van der Waals surface area (Å²) >= 11 is 6.60. The minimum Gasteiger partial charge on any atom is -0.477 e. The number of thioether (sulfide) groups is 1. The smallest absolute Gasteiger partial charge is 0.344 e. The third-order valence-electron chi connectivity index (χ3n) is 3.71. The molecule has 0 spiro atoms. The van der Waals surface area contributed by atoms with E-state index in [0.29, 0.717) is 18.2 Å². The minimum absolute atomic E-state index is 0.112. The first kappa shape index (κ1) is 13.8. The number of furan rings is 1. The highest BCUT2D eigenvalue weighted by molar-refractivity contribution is 8.00. The van der Waals surface area contributed by atoms with Crippen molar-refractivity contribution in [3.05, 3.63) is 23.7 Å². The molecule has 2 fully saturated rings. The molecule has 106 valence electrons. The average molecular weight is 311 g/mol. The Labute approximate surface area is 125 Å². The van der Waals surface area contributed by atoms with Gasteiger partial charge in [0.2, 0.25) is 0 Å². The number of carbonyl (C=O) groups is 2. The maximum atomic E-state index is 12.7. The van der Waals surface area contributed by atoms with E-state index in [1.54, 1.807) is 17.8 Å². The molecule has 0 radical (unpaired) electrons. The number of Topliss-reactive ketones (excluding diaryl/α,β-unsaturated/α-hetero) is 1. The lowest BCUT2D eigenvalue weighted by Crippen LogP contribution is -2.54. The number of hydrogen-bond donors (Lipinski definition) is 1. The largest absolute Gasteiger partial charge is 0.477 e. The number of thiocarbonyl (C=S) groups is 1. The highest BCUT2D eigenvalue weighted by Gasteiger charge is 2.51.